The predicted molar refractivity (Wildman–Crippen MR) is 48.6 cm³/mol. The Balaban J connectivity index is 0.000000293. The monoisotopic (exact) mass is 242 g/mol. The van der Waals surface area contributed by atoms with Gasteiger partial charge in [0.25, 0.3) is 0 Å². The number of carbonyl (C=O) groups is 2. The van der Waals surface area contributed by atoms with Gasteiger partial charge < -0.3 is 10.8 Å². The molecule has 8 heteroatoms. The van der Waals surface area contributed by atoms with E-state index in [4.69, 9.17) is 15.6 Å². The van der Waals surface area contributed by atoms with Gasteiger partial charge in [0.05, 0.1) is 6.54 Å². The molecule has 0 radical (unpaired) electrons. The Morgan fingerprint density at radius 3 is 1.88 bits per heavy atom. The lowest BCUT2D eigenvalue weighted by Gasteiger charge is -2.09. The van der Waals surface area contributed by atoms with Gasteiger partial charge in [-0.3, -0.25) is 9.69 Å². The number of hydrogen-bond donors (Lipinski definition) is 2. The molecular formula is C8H13F3N2O3. The minimum absolute atomic E-state index is 0.211. The van der Waals surface area contributed by atoms with Gasteiger partial charge in [-0.15, -0.1) is 0 Å². The Morgan fingerprint density at radius 2 is 1.62 bits per heavy atom. The van der Waals surface area contributed by atoms with E-state index in [2.05, 4.69) is 4.90 Å². The maximum absolute atomic E-state index is 10.6. The third-order valence-corrected chi connectivity index (χ3v) is 1.82. The highest BCUT2D eigenvalue weighted by Crippen LogP contribution is 2.13. The number of alkyl halides is 3. The number of halogens is 3. The van der Waals surface area contributed by atoms with Gasteiger partial charge in [-0.25, -0.2) is 4.79 Å². The van der Waals surface area contributed by atoms with E-state index in [0.717, 1.165) is 13.1 Å². The molecule has 1 aliphatic rings. The lowest BCUT2D eigenvalue weighted by molar-refractivity contribution is -0.192. The summed E-state index contributed by atoms with van der Waals surface area (Å²) in [5.41, 5.74) is 4.99. The van der Waals surface area contributed by atoms with Crippen molar-refractivity contribution in [3.63, 3.8) is 0 Å². The van der Waals surface area contributed by atoms with Gasteiger partial charge in [0.2, 0.25) is 5.91 Å². The van der Waals surface area contributed by atoms with Crippen LogP contribution < -0.4 is 5.73 Å². The Labute approximate surface area is 90.0 Å². The summed E-state index contributed by atoms with van der Waals surface area (Å²) < 4.78 is 31.7. The maximum Gasteiger partial charge on any atom is 0.490 e. The summed E-state index contributed by atoms with van der Waals surface area (Å²) in [6.45, 7) is 2.53. The first-order valence-corrected chi connectivity index (χ1v) is 4.54. The average Bonchev–Trinajstić information content (AvgIpc) is 2.54. The molecule has 94 valence electrons. The van der Waals surface area contributed by atoms with Gasteiger partial charge >= 0.3 is 12.1 Å². The van der Waals surface area contributed by atoms with Crippen LogP contribution in [0.1, 0.15) is 12.8 Å². The molecule has 0 aromatic carbocycles. The number of carboxylic acid groups (broad SMARTS) is 1. The molecule has 1 rings (SSSR count). The van der Waals surface area contributed by atoms with Crippen molar-refractivity contribution in [2.24, 2.45) is 5.73 Å². The van der Waals surface area contributed by atoms with Crippen molar-refractivity contribution in [3.8, 4) is 0 Å². The molecule has 0 aromatic heterocycles. The fourth-order valence-electron chi connectivity index (χ4n) is 1.16. The number of rotatable bonds is 2. The molecule has 1 heterocycles. The highest BCUT2D eigenvalue weighted by Gasteiger charge is 2.38. The summed E-state index contributed by atoms with van der Waals surface area (Å²) >= 11 is 0. The summed E-state index contributed by atoms with van der Waals surface area (Å²) in [5.74, 6) is -2.97. The molecule has 1 amide bonds. The second-order valence-corrected chi connectivity index (χ2v) is 3.25. The van der Waals surface area contributed by atoms with E-state index in [1.165, 1.54) is 12.8 Å². The molecule has 0 atom stereocenters. The Morgan fingerprint density at radius 1 is 1.25 bits per heavy atom. The van der Waals surface area contributed by atoms with E-state index < -0.39 is 12.1 Å². The van der Waals surface area contributed by atoms with E-state index in [9.17, 15) is 18.0 Å². The highest BCUT2D eigenvalue weighted by atomic mass is 19.4. The Bertz CT molecular complexity index is 249. The van der Waals surface area contributed by atoms with Crippen LogP contribution in [0.15, 0.2) is 0 Å². The molecule has 16 heavy (non-hydrogen) atoms. The van der Waals surface area contributed by atoms with Crippen molar-refractivity contribution in [3.05, 3.63) is 0 Å². The molecular weight excluding hydrogens is 229 g/mol. The van der Waals surface area contributed by atoms with E-state index in [0.29, 0.717) is 6.54 Å². The van der Waals surface area contributed by atoms with Gasteiger partial charge in [-0.2, -0.15) is 13.2 Å². The van der Waals surface area contributed by atoms with Crippen LogP contribution in [0.2, 0.25) is 0 Å². The van der Waals surface area contributed by atoms with E-state index in [1.54, 1.807) is 0 Å². The largest absolute Gasteiger partial charge is 0.490 e. The number of primary amides is 1. The van der Waals surface area contributed by atoms with Crippen LogP contribution in [-0.2, 0) is 9.59 Å². The fourth-order valence-corrected chi connectivity index (χ4v) is 1.16. The maximum atomic E-state index is 10.6. The van der Waals surface area contributed by atoms with E-state index >= 15 is 0 Å². The topological polar surface area (TPSA) is 83.6 Å². The number of carboxylic acids is 1. The van der Waals surface area contributed by atoms with Crippen molar-refractivity contribution in [2.75, 3.05) is 19.6 Å². The van der Waals surface area contributed by atoms with Crippen LogP contribution in [-0.4, -0.2) is 47.7 Å². The van der Waals surface area contributed by atoms with Crippen molar-refractivity contribution < 1.29 is 27.9 Å². The first-order chi connectivity index (χ1) is 7.23. The normalized spacial score (nSPS) is 16.4. The molecule has 0 spiro atoms. The Hall–Kier alpha value is -1.31. The molecule has 0 aromatic rings. The first kappa shape index (κ1) is 14.7. The molecule has 1 aliphatic heterocycles. The lowest BCUT2D eigenvalue weighted by Crippen LogP contribution is -2.31. The molecule has 0 aliphatic carbocycles. The predicted octanol–water partition coefficient (Wildman–Crippen LogP) is 0.201. The molecule has 1 saturated heterocycles. The third kappa shape index (κ3) is 7.04. The van der Waals surface area contributed by atoms with Gasteiger partial charge in [-0.05, 0) is 25.9 Å². The molecule has 0 bridgehead atoms. The van der Waals surface area contributed by atoms with E-state index in [-0.39, 0.29) is 5.91 Å². The smallest absolute Gasteiger partial charge is 0.475 e. The van der Waals surface area contributed by atoms with Crippen molar-refractivity contribution in [1.29, 1.82) is 0 Å². The van der Waals surface area contributed by atoms with Gasteiger partial charge in [0.15, 0.2) is 0 Å². The number of likely N-dealkylation sites (tertiary alicyclic amines) is 1. The summed E-state index contributed by atoms with van der Waals surface area (Å²) in [6, 6.07) is 0. The summed E-state index contributed by atoms with van der Waals surface area (Å²) in [4.78, 5) is 21.3. The number of amides is 1. The summed E-state index contributed by atoms with van der Waals surface area (Å²) in [6.07, 6.45) is -2.65. The van der Waals surface area contributed by atoms with Crippen molar-refractivity contribution >= 4 is 11.9 Å². The third-order valence-electron chi connectivity index (χ3n) is 1.82. The van der Waals surface area contributed by atoms with Gasteiger partial charge in [0.1, 0.15) is 0 Å². The summed E-state index contributed by atoms with van der Waals surface area (Å²) in [5, 5.41) is 7.12. The number of nitrogens with zero attached hydrogens (tertiary/aromatic N) is 1. The number of hydrogen-bond acceptors (Lipinski definition) is 3. The van der Waals surface area contributed by atoms with Crippen LogP contribution >= 0.6 is 0 Å². The second kappa shape index (κ2) is 6.31. The minimum atomic E-state index is -5.08. The van der Waals surface area contributed by atoms with Crippen molar-refractivity contribution in [2.45, 2.75) is 19.0 Å². The van der Waals surface area contributed by atoms with Crippen LogP contribution in [0.5, 0.6) is 0 Å². The molecule has 0 saturated carbocycles. The number of nitrogens with two attached hydrogens (primary N) is 1. The SMILES string of the molecule is NC(=O)CN1CCCC1.O=C(O)C(F)(F)F. The van der Waals surface area contributed by atoms with Crippen LogP contribution in [0.4, 0.5) is 13.2 Å². The quantitative estimate of drug-likeness (QED) is 0.724. The highest BCUT2D eigenvalue weighted by molar-refractivity contribution is 5.75. The molecule has 1 fully saturated rings. The van der Waals surface area contributed by atoms with Gasteiger partial charge in [-0.1, -0.05) is 0 Å². The fraction of sp³-hybridized carbons (Fsp3) is 0.750. The zero-order valence-corrected chi connectivity index (χ0v) is 8.46. The van der Waals surface area contributed by atoms with Crippen LogP contribution in [0.3, 0.4) is 0 Å². The average molecular weight is 242 g/mol. The van der Waals surface area contributed by atoms with Gasteiger partial charge in [0, 0.05) is 0 Å². The first-order valence-electron chi connectivity index (χ1n) is 4.54. The number of aliphatic carboxylic acids is 1. The molecule has 5 nitrogen and oxygen atoms in total. The Kier molecular flexibility index (Phi) is 5.79. The number of carbonyl (C=O) groups excluding carboxylic acids is 1. The second-order valence-electron chi connectivity index (χ2n) is 3.25. The standard InChI is InChI=1S/C6H12N2O.C2HF3O2/c7-6(9)5-8-3-1-2-4-8;3-2(4,5)1(6)7/h1-5H2,(H2,7,9);(H,6,7). The summed E-state index contributed by atoms with van der Waals surface area (Å²) in [7, 11) is 0. The zero-order valence-electron chi connectivity index (χ0n) is 8.46. The molecule has 0 unspecified atom stereocenters. The van der Waals surface area contributed by atoms with Crippen LogP contribution in [0.25, 0.3) is 0 Å². The zero-order chi connectivity index (χ0) is 12.8. The van der Waals surface area contributed by atoms with E-state index in [1.807, 2.05) is 0 Å². The molecule has 3 N–H and O–H groups in total. The lowest BCUT2D eigenvalue weighted by atomic mass is 10.4. The minimum Gasteiger partial charge on any atom is -0.475 e. The van der Waals surface area contributed by atoms with Crippen molar-refractivity contribution in [1.82, 2.24) is 4.90 Å². The van der Waals surface area contributed by atoms with Crippen LogP contribution in [0, 0.1) is 0 Å².